The Hall–Kier alpha value is -0.560. The molecule has 1 aliphatic carbocycles. The van der Waals surface area contributed by atoms with Gasteiger partial charge in [0.25, 0.3) is 0 Å². The van der Waals surface area contributed by atoms with Gasteiger partial charge in [-0.2, -0.15) is 0 Å². The molecule has 0 saturated heterocycles. The van der Waals surface area contributed by atoms with Gasteiger partial charge in [0.2, 0.25) is 5.24 Å². The molecule has 0 bridgehead atoms. The number of carbonyl (C=O) groups is 1. The minimum absolute atomic E-state index is 0.119. The van der Waals surface area contributed by atoms with Crippen LogP contribution < -0.4 is 0 Å². The second-order valence-corrected chi connectivity index (χ2v) is 2.83. The zero-order valence-electron chi connectivity index (χ0n) is 5.75. The van der Waals surface area contributed by atoms with Crippen LogP contribution in [0.25, 0.3) is 0 Å². The van der Waals surface area contributed by atoms with E-state index >= 15 is 0 Å². The molecule has 2 unspecified atom stereocenters. The molecule has 0 spiro atoms. The summed E-state index contributed by atoms with van der Waals surface area (Å²) in [5.74, 6) is 0.127. The molecule has 1 nitrogen and oxygen atoms in total. The highest BCUT2D eigenvalue weighted by atomic mass is 35.5. The van der Waals surface area contributed by atoms with Gasteiger partial charge in [0.15, 0.2) is 0 Å². The number of hydrogen-bond donors (Lipinski definition) is 0. The maximum absolute atomic E-state index is 10.7. The molecular weight excluding hydrogens is 148 g/mol. The van der Waals surface area contributed by atoms with Crippen molar-refractivity contribution in [2.24, 2.45) is 11.8 Å². The molecule has 10 heavy (non-hydrogen) atoms. The Morgan fingerprint density at radius 1 is 1.40 bits per heavy atom. The zero-order chi connectivity index (χ0) is 7.56. The van der Waals surface area contributed by atoms with E-state index in [4.69, 9.17) is 11.6 Å². The highest BCUT2D eigenvalue weighted by Gasteiger charge is 2.19. The van der Waals surface area contributed by atoms with Gasteiger partial charge in [-0.1, -0.05) is 31.2 Å². The quantitative estimate of drug-likeness (QED) is 0.532. The smallest absolute Gasteiger partial charge is 0.229 e. The van der Waals surface area contributed by atoms with E-state index in [2.05, 4.69) is 0 Å². The standard InChI is InChI=1S/C8H9ClO/c1-6-4-2-3-5-7(6)8(9)10/h2-7H,1H3. The first-order valence-electron chi connectivity index (χ1n) is 3.26. The van der Waals surface area contributed by atoms with Crippen molar-refractivity contribution in [1.29, 1.82) is 0 Å². The Morgan fingerprint density at radius 2 is 2.00 bits per heavy atom. The number of halogens is 1. The second-order valence-electron chi connectivity index (χ2n) is 2.46. The van der Waals surface area contributed by atoms with E-state index in [0.29, 0.717) is 0 Å². The molecule has 0 aliphatic heterocycles. The molecule has 1 aliphatic rings. The first-order chi connectivity index (χ1) is 4.72. The monoisotopic (exact) mass is 156 g/mol. The maximum Gasteiger partial charge on any atom is 0.229 e. The van der Waals surface area contributed by atoms with E-state index in [-0.39, 0.29) is 17.1 Å². The average Bonchev–Trinajstić information content (AvgIpc) is 1.88. The van der Waals surface area contributed by atoms with Crippen LogP contribution >= 0.6 is 11.6 Å². The molecule has 0 saturated carbocycles. The summed E-state index contributed by atoms with van der Waals surface area (Å²) in [7, 11) is 0. The molecule has 0 heterocycles. The van der Waals surface area contributed by atoms with Gasteiger partial charge in [-0.3, -0.25) is 4.79 Å². The van der Waals surface area contributed by atoms with Gasteiger partial charge < -0.3 is 0 Å². The summed E-state index contributed by atoms with van der Waals surface area (Å²) in [6, 6.07) is 0. The van der Waals surface area contributed by atoms with Crippen LogP contribution in [0.2, 0.25) is 0 Å². The summed E-state index contributed by atoms with van der Waals surface area (Å²) in [4.78, 5) is 10.7. The first-order valence-corrected chi connectivity index (χ1v) is 3.64. The molecular formula is C8H9ClO. The van der Waals surface area contributed by atoms with Crippen molar-refractivity contribution in [3.05, 3.63) is 24.3 Å². The molecule has 0 aromatic heterocycles. The lowest BCUT2D eigenvalue weighted by molar-refractivity contribution is -0.114. The predicted molar refractivity (Wildman–Crippen MR) is 41.8 cm³/mol. The van der Waals surface area contributed by atoms with Crippen molar-refractivity contribution >= 4 is 16.8 Å². The van der Waals surface area contributed by atoms with Crippen LogP contribution in [0.15, 0.2) is 24.3 Å². The van der Waals surface area contributed by atoms with Gasteiger partial charge in [0.1, 0.15) is 0 Å². The lowest BCUT2D eigenvalue weighted by Crippen LogP contribution is -2.15. The minimum atomic E-state index is -0.270. The van der Waals surface area contributed by atoms with E-state index in [1.165, 1.54) is 0 Å². The highest BCUT2D eigenvalue weighted by molar-refractivity contribution is 6.64. The van der Waals surface area contributed by atoms with Crippen LogP contribution in [0.1, 0.15) is 6.92 Å². The Balaban J connectivity index is 2.70. The minimum Gasteiger partial charge on any atom is -0.281 e. The lowest BCUT2D eigenvalue weighted by Gasteiger charge is -2.14. The second kappa shape index (κ2) is 3.02. The van der Waals surface area contributed by atoms with Gasteiger partial charge in [-0.15, -0.1) is 0 Å². The summed E-state index contributed by atoms with van der Waals surface area (Å²) in [5, 5.41) is -0.270. The SMILES string of the molecule is CC1C=CC=CC1C(=O)Cl. The van der Waals surface area contributed by atoms with Crippen molar-refractivity contribution in [2.45, 2.75) is 6.92 Å². The molecule has 0 aromatic carbocycles. The summed E-state index contributed by atoms with van der Waals surface area (Å²) >= 11 is 5.33. The van der Waals surface area contributed by atoms with Crippen molar-refractivity contribution < 1.29 is 4.79 Å². The fourth-order valence-electron chi connectivity index (χ4n) is 1.00. The molecule has 2 heteroatoms. The van der Waals surface area contributed by atoms with Crippen molar-refractivity contribution in [1.82, 2.24) is 0 Å². The Kier molecular flexibility index (Phi) is 2.28. The van der Waals surface area contributed by atoms with Gasteiger partial charge in [0.05, 0.1) is 5.92 Å². The molecule has 0 aromatic rings. The van der Waals surface area contributed by atoms with Gasteiger partial charge >= 0.3 is 0 Å². The molecule has 54 valence electrons. The maximum atomic E-state index is 10.7. The Labute approximate surface area is 65.4 Å². The van der Waals surface area contributed by atoms with E-state index in [9.17, 15) is 4.79 Å². The van der Waals surface area contributed by atoms with E-state index < -0.39 is 0 Å². The number of allylic oxidation sites excluding steroid dienone is 4. The summed E-state index contributed by atoms with van der Waals surface area (Å²) in [6.07, 6.45) is 7.59. The van der Waals surface area contributed by atoms with Gasteiger partial charge in [-0.05, 0) is 17.5 Å². The first kappa shape index (κ1) is 7.55. The Bertz CT molecular complexity index is 193. The predicted octanol–water partition coefficient (Wildman–Crippen LogP) is 2.13. The number of rotatable bonds is 1. The van der Waals surface area contributed by atoms with E-state index in [1.807, 2.05) is 31.2 Å². The molecule has 1 rings (SSSR count). The number of hydrogen-bond acceptors (Lipinski definition) is 1. The molecule has 0 amide bonds. The summed E-state index contributed by atoms with van der Waals surface area (Å²) in [6.45, 7) is 1.98. The lowest BCUT2D eigenvalue weighted by atomic mass is 9.91. The van der Waals surface area contributed by atoms with Gasteiger partial charge in [0, 0.05) is 0 Å². The van der Waals surface area contributed by atoms with Crippen molar-refractivity contribution in [3.63, 3.8) is 0 Å². The highest BCUT2D eigenvalue weighted by Crippen LogP contribution is 2.20. The molecule has 0 N–H and O–H groups in total. The molecule has 0 fully saturated rings. The third-order valence-corrected chi connectivity index (χ3v) is 1.92. The van der Waals surface area contributed by atoms with Crippen LogP contribution in [0.3, 0.4) is 0 Å². The molecule has 0 radical (unpaired) electrons. The van der Waals surface area contributed by atoms with Gasteiger partial charge in [-0.25, -0.2) is 0 Å². The fraction of sp³-hybridized carbons (Fsp3) is 0.375. The van der Waals surface area contributed by atoms with Crippen LogP contribution in [0.5, 0.6) is 0 Å². The largest absolute Gasteiger partial charge is 0.281 e. The van der Waals surface area contributed by atoms with Crippen LogP contribution in [0, 0.1) is 11.8 Å². The van der Waals surface area contributed by atoms with E-state index in [1.54, 1.807) is 0 Å². The Morgan fingerprint density at radius 3 is 2.40 bits per heavy atom. The molecule has 2 atom stereocenters. The van der Waals surface area contributed by atoms with Crippen LogP contribution in [-0.2, 0) is 4.79 Å². The van der Waals surface area contributed by atoms with Crippen molar-refractivity contribution in [2.75, 3.05) is 0 Å². The third kappa shape index (κ3) is 1.48. The van der Waals surface area contributed by atoms with Crippen LogP contribution in [-0.4, -0.2) is 5.24 Å². The topological polar surface area (TPSA) is 17.1 Å². The fourth-order valence-corrected chi connectivity index (χ4v) is 1.27. The third-order valence-electron chi connectivity index (χ3n) is 1.67. The summed E-state index contributed by atoms with van der Waals surface area (Å²) in [5.41, 5.74) is 0. The average molecular weight is 157 g/mol. The normalized spacial score (nSPS) is 30.6. The number of carbonyl (C=O) groups excluding carboxylic acids is 1. The van der Waals surface area contributed by atoms with Crippen LogP contribution in [0.4, 0.5) is 0 Å². The summed E-state index contributed by atoms with van der Waals surface area (Å²) < 4.78 is 0. The van der Waals surface area contributed by atoms with E-state index in [0.717, 1.165) is 0 Å². The van der Waals surface area contributed by atoms with Crippen molar-refractivity contribution in [3.8, 4) is 0 Å². The zero-order valence-corrected chi connectivity index (χ0v) is 6.51.